The molecule has 5 heteroatoms. The number of nitrogens with one attached hydrogen (secondary N) is 1. The Morgan fingerprint density at radius 1 is 1.73 bits per heavy atom. The fourth-order valence-electron chi connectivity index (χ4n) is 0.455. The molecule has 64 valence electrons. The Morgan fingerprint density at radius 2 is 2.27 bits per heavy atom. The van der Waals surface area contributed by atoms with Gasteiger partial charge in [0.2, 0.25) is 0 Å². The zero-order valence-electron chi connectivity index (χ0n) is 6.79. The van der Waals surface area contributed by atoms with Gasteiger partial charge in [-0.25, -0.2) is 0 Å². The summed E-state index contributed by atoms with van der Waals surface area (Å²) in [5.41, 5.74) is 0. The van der Waals surface area contributed by atoms with Crippen LogP contribution in [-0.2, 0) is 0 Å². The molecule has 2 N–H and O–H groups in total. The van der Waals surface area contributed by atoms with Gasteiger partial charge in [-0.1, -0.05) is 11.8 Å². The van der Waals surface area contributed by atoms with Gasteiger partial charge in [-0.3, -0.25) is 4.79 Å². The van der Waals surface area contributed by atoms with Crippen molar-refractivity contribution in [1.29, 1.82) is 0 Å². The molecule has 0 saturated heterocycles. The van der Waals surface area contributed by atoms with Gasteiger partial charge in [0.1, 0.15) is 0 Å². The lowest BCUT2D eigenvalue weighted by Crippen LogP contribution is -2.24. The van der Waals surface area contributed by atoms with E-state index in [1.165, 1.54) is 6.21 Å². The lowest BCUT2D eigenvalue weighted by Gasteiger charge is -2.15. The van der Waals surface area contributed by atoms with Gasteiger partial charge >= 0.3 is 0 Å². The van der Waals surface area contributed by atoms with Crippen LogP contribution in [0.25, 0.3) is 0 Å². The Hall–Kier alpha value is -0.710. The SMILES string of the molecule is CNC(=O)SC(C)(C)/C=N/O. The second-order valence-corrected chi connectivity index (χ2v) is 4.11. The van der Waals surface area contributed by atoms with Crippen LogP contribution in [0.2, 0.25) is 0 Å². The average molecular weight is 176 g/mol. The maximum Gasteiger partial charge on any atom is 0.279 e. The molecule has 0 bridgehead atoms. The maximum atomic E-state index is 10.8. The Balaban J connectivity index is 4.01. The van der Waals surface area contributed by atoms with Crippen LogP contribution >= 0.6 is 11.8 Å². The van der Waals surface area contributed by atoms with Crippen LogP contribution in [0.4, 0.5) is 4.79 Å². The molecule has 0 aliphatic carbocycles. The molecule has 0 atom stereocenters. The third kappa shape index (κ3) is 4.66. The molecule has 0 rings (SSSR count). The molecule has 0 unspecified atom stereocenters. The molecule has 0 heterocycles. The van der Waals surface area contributed by atoms with E-state index in [0.29, 0.717) is 0 Å². The summed E-state index contributed by atoms with van der Waals surface area (Å²) in [5.74, 6) is 0. The summed E-state index contributed by atoms with van der Waals surface area (Å²) in [4.78, 5) is 10.8. The van der Waals surface area contributed by atoms with E-state index in [-0.39, 0.29) is 5.24 Å². The Kier molecular flexibility index (Phi) is 3.95. The van der Waals surface area contributed by atoms with Crippen LogP contribution in [-0.4, -0.2) is 28.5 Å². The van der Waals surface area contributed by atoms with Crippen molar-refractivity contribution in [3.05, 3.63) is 0 Å². The predicted octanol–water partition coefficient (Wildman–Crippen LogP) is 1.30. The molecular weight excluding hydrogens is 164 g/mol. The molecule has 0 spiro atoms. The van der Waals surface area contributed by atoms with Gasteiger partial charge in [-0.2, -0.15) is 0 Å². The molecule has 0 radical (unpaired) electrons. The minimum atomic E-state index is -0.463. The standard InChI is InChI=1S/C6H12N2O2S/c1-6(2,4-8-10)11-5(9)7-3/h4,10H,1-3H3,(H,7,9)/b8-4+. The van der Waals surface area contributed by atoms with Crippen molar-refractivity contribution < 1.29 is 10.0 Å². The predicted molar refractivity (Wildman–Crippen MR) is 46.4 cm³/mol. The van der Waals surface area contributed by atoms with Crippen LogP contribution in [0.15, 0.2) is 5.16 Å². The number of nitrogens with zero attached hydrogens (tertiary/aromatic N) is 1. The monoisotopic (exact) mass is 176 g/mol. The molecule has 0 aliphatic heterocycles. The third-order valence-electron chi connectivity index (χ3n) is 0.929. The minimum absolute atomic E-state index is 0.144. The van der Waals surface area contributed by atoms with Crippen LogP contribution in [0.1, 0.15) is 13.8 Å². The van der Waals surface area contributed by atoms with Gasteiger partial charge in [-0.05, 0) is 13.8 Å². The van der Waals surface area contributed by atoms with Crippen molar-refractivity contribution >= 4 is 23.2 Å². The van der Waals surface area contributed by atoms with Gasteiger partial charge in [0, 0.05) is 7.05 Å². The molecule has 0 aliphatic rings. The van der Waals surface area contributed by atoms with Crippen molar-refractivity contribution in [2.75, 3.05) is 7.05 Å². The summed E-state index contributed by atoms with van der Waals surface area (Å²) in [6, 6.07) is 0. The summed E-state index contributed by atoms with van der Waals surface area (Å²) >= 11 is 1.07. The van der Waals surface area contributed by atoms with Crippen LogP contribution in [0.3, 0.4) is 0 Å². The van der Waals surface area contributed by atoms with Crippen molar-refractivity contribution in [2.24, 2.45) is 5.16 Å². The van der Waals surface area contributed by atoms with E-state index in [0.717, 1.165) is 11.8 Å². The molecule has 0 aromatic carbocycles. The first kappa shape index (κ1) is 10.3. The lowest BCUT2D eigenvalue weighted by molar-refractivity contribution is 0.262. The van der Waals surface area contributed by atoms with Gasteiger partial charge in [-0.15, -0.1) is 5.16 Å². The first-order chi connectivity index (χ1) is 5.02. The van der Waals surface area contributed by atoms with Gasteiger partial charge in [0.25, 0.3) is 5.24 Å². The first-order valence-electron chi connectivity index (χ1n) is 3.11. The Morgan fingerprint density at radius 3 is 2.64 bits per heavy atom. The van der Waals surface area contributed by atoms with Crippen LogP contribution in [0.5, 0.6) is 0 Å². The van der Waals surface area contributed by atoms with Crippen LogP contribution in [0, 0.1) is 0 Å². The molecule has 4 nitrogen and oxygen atoms in total. The largest absolute Gasteiger partial charge is 0.411 e. The van der Waals surface area contributed by atoms with Gasteiger partial charge in [0.15, 0.2) is 0 Å². The molecule has 1 amide bonds. The molecular formula is C6H12N2O2S. The highest BCUT2D eigenvalue weighted by Crippen LogP contribution is 2.22. The van der Waals surface area contributed by atoms with Crippen molar-refractivity contribution in [1.82, 2.24) is 5.32 Å². The number of hydrogen-bond acceptors (Lipinski definition) is 4. The number of rotatable bonds is 2. The highest BCUT2D eigenvalue weighted by molar-refractivity contribution is 8.15. The number of thioether (sulfide) groups is 1. The Labute approximate surface area is 70.0 Å². The van der Waals surface area contributed by atoms with E-state index in [4.69, 9.17) is 5.21 Å². The van der Waals surface area contributed by atoms with E-state index in [1.807, 2.05) is 0 Å². The maximum absolute atomic E-state index is 10.8. The van der Waals surface area contributed by atoms with Crippen LogP contribution < -0.4 is 5.32 Å². The van der Waals surface area contributed by atoms with E-state index in [1.54, 1.807) is 20.9 Å². The lowest BCUT2D eigenvalue weighted by atomic mass is 10.2. The summed E-state index contributed by atoms with van der Waals surface area (Å²) < 4.78 is -0.463. The van der Waals surface area contributed by atoms with Crippen molar-refractivity contribution in [2.45, 2.75) is 18.6 Å². The average Bonchev–Trinajstić information content (AvgIpc) is 1.86. The number of carbonyl (C=O) groups excluding carboxylic acids is 1. The zero-order valence-corrected chi connectivity index (χ0v) is 7.60. The van der Waals surface area contributed by atoms with E-state index >= 15 is 0 Å². The van der Waals surface area contributed by atoms with Crippen molar-refractivity contribution in [3.8, 4) is 0 Å². The second kappa shape index (κ2) is 4.23. The summed E-state index contributed by atoms with van der Waals surface area (Å²) in [5, 5.41) is 13.4. The fraction of sp³-hybridized carbons (Fsp3) is 0.667. The van der Waals surface area contributed by atoms with Crippen molar-refractivity contribution in [3.63, 3.8) is 0 Å². The highest BCUT2D eigenvalue weighted by Gasteiger charge is 2.19. The molecule has 0 saturated carbocycles. The molecule has 0 fully saturated rings. The van der Waals surface area contributed by atoms with Gasteiger partial charge < -0.3 is 10.5 Å². The summed E-state index contributed by atoms with van der Waals surface area (Å²) in [6.45, 7) is 3.57. The molecule has 11 heavy (non-hydrogen) atoms. The number of amides is 1. The smallest absolute Gasteiger partial charge is 0.279 e. The summed E-state index contributed by atoms with van der Waals surface area (Å²) in [7, 11) is 1.56. The highest BCUT2D eigenvalue weighted by atomic mass is 32.2. The van der Waals surface area contributed by atoms with E-state index in [2.05, 4.69) is 10.5 Å². The quantitative estimate of drug-likeness (QED) is 0.378. The fourth-order valence-corrected chi connectivity index (χ4v) is 1.14. The summed E-state index contributed by atoms with van der Waals surface area (Å²) in [6.07, 6.45) is 1.31. The van der Waals surface area contributed by atoms with Gasteiger partial charge in [0.05, 0.1) is 11.0 Å². The Bertz CT molecular complexity index is 168. The molecule has 0 aromatic rings. The van der Waals surface area contributed by atoms with E-state index < -0.39 is 4.75 Å². The second-order valence-electron chi connectivity index (χ2n) is 2.49. The topological polar surface area (TPSA) is 61.7 Å². The number of hydrogen-bond donors (Lipinski definition) is 2. The zero-order chi connectivity index (χ0) is 8.91. The third-order valence-corrected chi connectivity index (χ3v) is 1.95. The van der Waals surface area contributed by atoms with E-state index in [9.17, 15) is 4.79 Å². The normalized spacial score (nSPS) is 11.9. The number of carbonyl (C=O) groups is 1. The first-order valence-corrected chi connectivity index (χ1v) is 3.93. The molecule has 0 aromatic heterocycles. The minimum Gasteiger partial charge on any atom is -0.411 e. The number of oxime groups is 1.